The van der Waals surface area contributed by atoms with E-state index in [0.29, 0.717) is 0 Å². The second-order valence-corrected chi connectivity index (χ2v) is 16.3. The van der Waals surface area contributed by atoms with E-state index in [4.69, 9.17) is 4.98 Å². The summed E-state index contributed by atoms with van der Waals surface area (Å²) in [7, 11) is -3.07. The zero-order valence-electron chi connectivity index (χ0n) is 28.8. The molecule has 0 aliphatic carbocycles. The fourth-order valence-electron chi connectivity index (χ4n) is 7.90. The molecule has 10 aromatic rings. The zero-order valence-corrected chi connectivity index (χ0v) is 29.7. The molecule has 0 amide bonds. The fraction of sp³-hybridized carbons (Fsp3) is 0. The summed E-state index contributed by atoms with van der Waals surface area (Å²) >= 11 is 0. The molecule has 10 rings (SSSR count). The Hall–Kier alpha value is -6.54. The molecule has 0 aliphatic heterocycles. The van der Waals surface area contributed by atoms with Crippen LogP contribution in [0.4, 0.5) is 0 Å². The Bertz CT molecular complexity index is 2950. The Balaban J connectivity index is 1.18. The standard InChI is InChI=1S/C49H33N2OP/c52-53(38-19-9-3-10-20-38,39-21-11-4-12-22-39)40-28-25-34(26-29-40)36-27-30-46-43(31-36)42-32-44-41-23-13-14-24-47(41)51(37-17-7-2-8-18-37)48(44)33-45(42)49(50-46)35-15-5-1-6-16-35/h1-33H. The van der Waals surface area contributed by atoms with E-state index in [1.165, 1.54) is 16.3 Å². The van der Waals surface area contributed by atoms with Gasteiger partial charge in [0.2, 0.25) is 0 Å². The lowest BCUT2D eigenvalue weighted by Crippen LogP contribution is -2.24. The molecule has 0 saturated carbocycles. The van der Waals surface area contributed by atoms with Crippen molar-refractivity contribution in [2.75, 3.05) is 0 Å². The molecule has 0 radical (unpaired) electrons. The van der Waals surface area contributed by atoms with E-state index < -0.39 is 7.14 Å². The van der Waals surface area contributed by atoms with Crippen LogP contribution in [0.15, 0.2) is 200 Å². The first-order valence-electron chi connectivity index (χ1n) is 17.9. The first-order chi connectivity index (χ1) is 26.2. The van der Waals surface area contributed by atoms with E-state index in [-0.39, 0.29) is 0 Å². The summed E-state index contributed by atoms with van der Waals surface area (Å²) in [5.74, 6) is 0. The third-order valence-corrected chi connectivity index (χ3v) is 13.5. The molecule has 8 aromatic carbocycles. The minimum absolute atomic E-state index is 0.816. The molecule has 250 valence electrons. The van der Waals surface area contributed by atoms with Crippen LogP contribution in [0.3, 0.4) is 0 Å². The van der Waals surface area contributed by atoms with E-state index in [2.05, 4.69) is 126 Å². The summed E-state index contributed by atoms with van der Waals surface area (Å²) in [4.78, 5) is 5.34. The Morgan fingerprint density at radius 2 is 0.943 bits per heavy atom. The number of fused-ring (bicyclic) bond motifs is 6. The van der Waals surface area contributed by atoms with Gasteiger partial charge in [0.1, 0.15) is 0 Å². The van der Waals surface area contributed by atoms with Gasteiger partial charge in [0, 0.05) is 48.7 Å². The molecule has 53 heavy (non-hydrogen) atoms. The van der Waals surface area contributed by atoms with Crippen molar-refractivity contribution in [3.05, 3.63) is 200 Å². The van der Waals surface area contributed by atoms with Crippen molar-refractivity contribution in [3.63, 3.8) is 0 Å². The maximum Gasteiger partial charge on any atom is 0.171 e. The molecule has 0 atom stereocenters. The van der Waals surface area contributed by atoms with Gasteiger partial charge in [-0.05, 0) is 59.0 Å². The number of pyridine rings is 1. The summed E-state index contributed by atoms with van der Waals surface area (Å²) in [6.45, 7) is 0. The van der Waals surface area contributed by atoms with E-state index in [9.17, 15) is 0 Å². The number of hydrogen-bond acceptors (Lipinski definition) is 2. The Kier molecular flexibility index (Phi) is 7.42. The SMILES string of the molecule is O=P(c1ccccc1)(c1ccccc1)c1ccc(-c2ccc3nc(-c4ccccc4)c4cc5c(cc4c3c2)c2ccccc2n5-c2ccccc2)cc1. The molecule has 0 saturated heterocycles. The average Bonchev–Trinajstić information content (AvgIpc) is 3.57. The van der Waals surface area contributed by atoms with Crippen molar-refractivity contribution >= 4 is 66.5 Å². The summed E-state index contributed by atoms with van der Waals surface area (Å²) < 4.78 is 17.4. The molecular weight excluding hydrogens is 664 g/mol. The summed E-state index contributed by atoms with van der Waals surface area (Å²) in [6, 6.07) is 69.0. The maximum absolute atomic E-state index is 15.0. The van der Waals surface area contributed by atoms with Crippen LogP contribution in [0.25, 0.3) is 71.6 Å². The molecule has 2 aromatic heterocycles. The van der Waals surface area contributed by atoms with Crippen LogP contribution in [-0.4, -0.2) is 9.55 Å². The molecule has 0 N–H and O–H groups in total. The normalized spacial score (nSPS) is 11.8. The number of benzene rings is 8. The molecule has 4 heteroatoms. The molecule has 0 spiro atoms. The monoisotopic (exact) mass is 696 g/mol. The third kappa shape index (κ3) is 5.12. The van der Waals surface area contributed by atoms with Crippen LogP contribution in [0.2, 0.25) is 0 Å². The second kappa shape index (κ2) is 12.6. The van der Waals surface area contributed by atoms with Crippen molar-refractivity contribution in [3.8, 4) is 28.1 Å². The highest BCUT2D eigenvalue weighted by Crippen LogP contribution is 2.44. The second-order valence-electron chi connectivity index (χ2n) is 13.5. The Morgan fingerprint density at radius 1 is 0.377 bits per heavy atom. The largest absolute Gasteiger partial charge is 0.309 e. The van der Waals surface area contributed by atoms with Crippen LogP contribution < -0.4 is 15.9 Å². The molecule has 0 bridgehead atoms. The number of para-hydroxylation sites is 2. The zero-order chi connectivity index (χ0) is 35.4. The molecular formula is C49H33N2OP. The Labute approximate surface area is 307 Å². The maximum atomic E-state index is 15.0. The lowest BCUT2D eigenvalue weighted by atomic mass is 9.95. The summed E-state index contributed by atoms with van der Waals surface area (Å²) in [6.07, 6.45) is 0. The minimum atomic E-state index is -3.07. The van der Waals surface area contributed by atoms with Gasteiger partial charge in [-0.15, -0.1) is 0 Å². The smallest absolute Gasteiger partial charge is 0.171 e. The lowest BCUT2D eigenvalue weighted by molar-refractivity contribution is 0.592. The van der Waals surface area contributed by atoms with Crippen LogP contribution in [-0.2, 0) is 4.57 Å². The van der Waals surface area contributed by atoms with Crippen molar-refractivity contribution < 1.29 is 4.57 Å². The van der Waals surface area contributed by atoms with E-state index >= 15 is 4.57 Å². The van der Waals surface area contributed by atoms with E-state index in [0.717, 1.165) is 71.2 Å². The minimum Gasteiger partial charge on any atom is -0.309 e. The molecule has 0 aliphatic rings. The number of hydrogen-bond donors (Lipinski definition) is 0. The van der Waals surface area contributed by atoms with Gasteiger partial charge < -0.3 is 9.13 Å². The van der Waals surface area contributed by atoms with Gasteiger partial charge in [0.25, 0.3) is 0 Å². The quantitative estimate of drug-likeness (QED) is 0.128. The third-order valence-electron chi connectivity index (χ3n) is 10.5. The molecule has 0 unspecified atom stereocenters. The van der Waals surface area contributed by atoms with Crippen LogP contribution in [0.1, 0.15) is 0 Å². The highest BCUT2D eigenvalue weighted by atomic mass is 31.2. The van der Waals surface area contributed by atoms with E-state index in [1.54, 1.807) is 0 Å². The first kappa shape index (κ1) is 31.2. The van der Waals surface area contributed by atoms with Gasteiger partial charge in [0.15, 0.2) is 7.14 Å². The van der Waals surface area contributed by atoms with Crippen molar-refractivity contribution in [1.82, 2.24) is 9.55 Å². The molecule has 2 heterocycles. The van der Waals surface area contributed by atoms with E-state index in [1.807, 2.05) is 78.9 Å². The van der Waals surface area contributed by atoms with Gasteiger partial charge in [-0.3, -0.25) is 0 Å². The van der Waals surface area contributed by atoms with Crippen molar-refractivity contribution in [2.45, 2.75) is 0 Å². The first-order valence-corrected chi connectivity index (χ1v) is 19.6. The number of nitrogens with zero attached hydrogens (tertiary/aromatic N) is 2. The fourth-order valence-corrected chi connectivity index (χ4v) is 10.5. The highest BCUT2D eigenvalue weighted by molar-refractivity contribution is 7.85. The number of rotatable bonds is 6. The topological polar surface area (TPSA) is 34.9 Å². The average molecular weight is 697 g/mol. The van der Waals surface area contributed by atoms with Crippen molar-refractivity contribution in [2.24, 2.45) is 0 Å². The summed E-state index contributed by atoms with van der Waals surface area (Å²) in [5, 5.41) is 8.26. The molecule has 3 nitrogen and oxygen atoms in total. The van der Waals surface area contributed by atoms with Crippen LogP contribution >= 0.6 is 7.14 Å². The predicted octanol–water partition coefficient (Wildman–Crippen LogP) is 11.5. The Morgan fingerprint density at radius 3 is 1.62 bits per heavy atom. The van der Waals surface area contributed by atoms with Crippen LogP contribution in [0.5, 0.6) is 0 Å². The van der Waals surface area contributed by atoms with Crippen LogP contribution in [0, 0.1) is 0 Å². The summed E-state index contributed by atoms with van der Waals surface area (Å²) in [5.41, 5.74) is 8.59. The van der Waals surface area contributed by atoms with Gasteiger partial charge in [-0.2, -0.15) is 0 Å². The van der Waals surface area contributed by atoms with Gasteiger partial charge in [0.05, 0.1) is 22.2 Å². The van der Waals surface area contributed by atoms with Gasteiger partial charge >= 0.3 is 0 Å². The highest BCUT2D eigenvalue weighted by Gasteiger charge is 2.29. The van der Waals surface area contributed by atoms with Gasteiger partial charge in [-0.25, -0.2) is 4.98 Å². The predicted molar refractivity (Wildman–Crippen MR) is 224 cm³/mol. The molecule has 0 fully saturated rings. The number of aromatic nitrogens is 2. The van der Waals surface area contributed by atoms with Crippen molar-refractivity contribution in [1.29, 1.82) is 0 Å². The lowest BCUT2D eigenvalue weighted by Gasteiger charge is -2.20. The van der Waals surface area contributed by atoms with Gasteiger partial charge in [-0.1, -0.05) is 158 Å².